The highest BCUT2D eigenvalue weighted by atomic mass is 16.3. The second-order valence-electron chi connectivity index (χ2n) is 5.90. The third kappa shape index (κ3) is 3.17. The number of nitrogens with zero attached hydrogens (tertiary/aromatic N) is 2. The van der Waals surface area contributed by atoms with Gasteiger partial charge in [0, 0.05) is 6.07 Å². The fourth-order valence-corrected chi connectivity index (χ4v) is 2.64. The van der Waals surface area contributed by atoms with E-state index >= 15 is 0 Å². The SMILES string of the molecule is Cc1ccc(-n2nc(-c3ccco3)cc2C(=O)NCc2ccco2)cc1. The third-order valence-electron chi connectivity index (χ3n) is 4.00. The maximum absolute atomic E-state index is 12.7. The van der Waals surface area contributed by atoms with Crippen molar-refractivity contribution in [3.63, 3.8) is 0 Å². The van der Waals surface area contributed by atoms with E-state index in [9.17, 15) is 4.79 Å². The minimum atomic E-state index is -0.243. The van der Waals surface area contributed by atoms with Crippen molar-refractivity contribution in [2.24, 2.45) is 0 Å². The molecule has 26 heavy (non-hydrogen) atoms. The van der Waals surface area contributed by atoms with Crippen LogP contribution in [0.3, 0.4) is 0 Å². The summed E-state index contributed by atoms with van der Waals surface area (Å²) in [5, 5.41) is 7.41. The molecule has 1 aromatic carbocycles. The topological polar surface area (TPSA) is 73.2 Å². The number of nitrogens with one attached hydrogen (secondary N) is 1. The second-order valence-corrected chi connectivity index (χ2v) is 5.90. The molecule has 6 heteroatoms. The van der Waals surface area contributed by atoms with Gasteiger partial charge in [-0.25, -0.2) is 4.68 Å². The van der Waals surface area contributed by atoms with E-state index in [-0.39, 0.29) is 5.91 Å². The van der Waals surface area contributed by atoms with E-state index in [2.05, 4.69) is 10.4 Å². The van der Waals surface area contributed by atoms with E-state index in [1.807, 2.05) is 43.3 Å². The van der Waals surface area contributed by atoms with Gasteiger partial charge in [0.05, 0.1) is 24.8 Å². The van der Waals surface area contributed by atoms with Crippen molar-refractivity contribution in [1.82, 2.24) is 15.1 Å². The quantitative estimate of drug-likeness (QED) is 0.593. The Morgan fingerprint density at radius 3 is 2.54 bits per heavy atom. The van der Waals surface area contributed by atoms with E-state index in [1.165, 1.54) is 0 Å². The van der Waals surface area contributed by atoms with Crippen LogP contribution < -0.4 is 5.32 Å². The lowest BCUT2D eigenvalue weighted by Crippen LogP contribution is -2.25. The highest BCUT2D eigenvalue weighted by Gasteiger charge is 2.18. The molecule has 3 aromatic heterocycles. The number of hydrogen-bond donors (Lipinski definition) is 1. The van der Waals surface area contributed by atoms with Crippen LogP contribution >= 0.6 is 0 Å². The standard InChI is InChI=1S/C20H17N3O3/c1-14-6-8-15(9-7-14)23-18(12-17(22-23)19-5-3-11-26-19)20(24)21-13-16-4-2-10-25-16/h2-12H,13H2,1H3,(H,21,24). The van der Waals surface area contributed by atoms with Crippen molar-refractivity contribution >= 4 is 5.91 Å². The van der Waals surface area contributed by atoms with E-state index in [4.69, 9.17) is 8.83 Å². The van der Waals surface area contributed by atoms with Gasteiger partial charge in [0.2, 0.25) is 0 Å². The Kier molecular flexibility index (Phi) is 4.15. The Morgan fingerprint density at radius 2 is 1.85 bits per heavy atom. The van der Waals surface area contributed by atoms with Gasteiger partial charge < -0.3 is 14.2 Å². The summed E-state index contributed by atoms with van der Waals surface area (Å²) < 4.78 is 12.3. The van der Waals surface area contributed by atoms with Gasteiger partial charge >= 0.3 is 0 Å². The molecule has 6 nitrogen and oxygen atoms in total. The molecule has 4 rings (SSSR count). The maximum Gasteiger partial charge on any atom is 0.270 e. The van der Waals surface area contributed by atoms with Crippen molar-refractivity contribution in [3.05, 3.63) is 84.1 Å². The average molecular weight is 347 g/mol. The number of furan rings is 2. The summed E-state index contributed by atoms with van der Waals surface area (Å²) in [4.78, 5) is 12.7. The molecule has 0 atom stereocenters. The van der Waals surface area contributed by atoms with Gasteiger partial charge in [0.15, 0.2) is 5.76 Å². The predicted octanol–water partition coefficient (Wildman–Crippen LogP) is 3.96. The van der Waals surface area contributed by atoms with E-state index in [1.54, 1.807) is 35.4 Å². The largest absolute Gasteiger partial charge is 0.467 e. The molecule has 0 spiro atoms. The summed E-state index contributed by atoms with van der Waals surface area (Å²) >= 11 is 0. The molecule has 3 heterocycles. The van der Waals surface area contributed by atoms with Crippen LogP contribution in [0.4, 0.5) is 0 Å². The number of carbonyl (C=O) groups excluding carboxylic acids is 1. The summed E-state index contributed by atoms with van der Waals surface area (Å²) in [7, 11) is 0. The number of rotatable bonds is 5. The Bertz CT molecular complexity index is 997. The first kappa shape index (κ1) is 16.0. The Morgan fingerprint density at radius 1 is 1.08 bits per heavy atom. The smallest absolute Gasteiger partial charge is 0.270 e. The zero-order chi connectivity index (χ0) is 17.9. The van der Waals surface area contributed by atoms with Crippen LogP contribution in [0.2, 0.25) is 0 Å². The summed E-state index contributed by atoms with van der Waals surface area (Å²) in [6.07, 6.45) is 3.16. The molecule has 0 unspecified atom stereocenters. The van der Waals surface area contributed by atoms with Crippen molar-refractivity contribution in [3.8, 4) is 17.1 Å². The Hall–Kier alpha value is -3.54. The van der Waals surface area contributed by atoms with E-state index in [0.29, 0.717) is 29.5 Å². The molecule has 4 aromatic rings. The summed E-state index contributed by atoms with van der Waals surface area (Å²) in [6, 6.07) is 16.7. The molecule has 0 fully saturated rings. The number of aryl methyl sites for hydroxylation is 1. The van der Waals surface area contributed by atoms with Crippen LogP contribution in [0.15, 0.2) is 76.0 Å². The molecule has 0 saturated heterocycles. The Balaban J connectivity index is 1.69. The summed E-state index contributed by atoms with van der Waals surface area (Å²) in [6.45, 7) is 2.32. The van der Waals surface area contributed by atoms with E-state index < -0.39 is 0 Å². The lowest BCUT2D eigenvalue weighted by atomic mass is 10.2. The van der Waals surface area contributed by atoms with Gasteiger partial charge in [0.25, 0.3) is 5.91 Å². The maximum atomic E-state index is 12.7. The highest BCUT2D eigenvalue weighted by molar-refractivity contribution is 5.94. The first-order valence-electron chi connectivity index (χ1n) is 8.22. The zero-order valence-corrected chi connectivity index (χ0v) is 14.2. The van der Waals surface area contributed by atoms with E-state index in [0.717, 1.165) is 11.3 Å². The molecule has 130 valence electrons. The van der Waals surface area contributed by atoms with Crippen LogP contribution in [0.5, 0.6) is 0 Å². The van der Waals surface area contributed by atoms with Gasteiger partial charge in [-0.3, -0.25) is 4.79 Å². The number of aromatic nitrogens is 2. The first-order valence-corrected chi connectivity index (χ1v) is 8.22. The van der Waals surface area contributed by atoms with Crippen molar-refractivity contribution in [2.75, 3.05) is 0 Å². The van der Waals surface area contributed by atoms with Crippen LogP contribution in [0.25, 0.3) is 17.1 Å². The van der Waals surface area contributed by atoms with Gasteiger partial charge in [0.1, 0.15) is 17.1 Å². The van der Waals surface area contributed by atoms with Crippen LogP contribution in [-0.4, -0.2) is 15.7 Å². The molecule has 0 aliphatic heterocycles. The van der Waals surface area contributed by atoms with Crippen molar-refractivity contribution < 1.29 is 13.6 Å². The minimum absolute atomic E-state index is 0.243. The predicted molar refractivity (Wildman–Crippen MR) is 95.9 cm³/mol. The summed E-state index contributed by atoms with van der Waals surface area (Å²) in [5.74, 6) is 1.05. The molecule has 1 N–H and O–H groups in total. The van der Waals surface area contributed by atoms with Crippen molar-refractivity contribution in [2.45, 2.75) is 13.5 Å². The lowest BCUT2D eigenvalue weighted by Gasteiger charge is -2.08. The molecule has 0 radical (unpaired) electrons. The fraction of sp³-hybridized carbons (Fsp3) is 0.100. The fourth-order valence-electron chi connectivity index (χ4n) is 2.64. The zero-order valence-electron chi connectivity index (χ0n) is 14.2. The van der Waals surface area contributed by atoms with Gasteiger partial charge in [-0.15, -0.1) is 0 Å². The number of amides is 1. The van der Waals surface area contributed by atoms with Gasteiger partial charge in [-0.1, -0.05) is 17.7 Å². The number of benzene rings is 1. The van der Waals surface area contributed by atoms with Crippen LogP contribution in [0.1, 0.15) is 21.8 Å². The lowest BCUT2D eigenvalue weighted by molar-refractivity contribution is 0.0940. The molecule has 0 saturated carbocycles. The second kappa shape index (κ2) is 6.76. The molecular formula is C20H17N3O3. The number of hydrogen-bond acceptors (Lipinski definition) is 4. The Labute approximate surface area is 150 Å². The minimum Gasteiger partial charge on any atom is -0.467 e. The van der Waals surface area contributed by atoms with Crippen LogP contribution in [-0.2, 0) is 6.54 Å². The normalized spacial score (nSPS) is 10.8. The monoisotopic (exact) mass is 347 g/mol. The van der Waals surface area contributed by atoms with Gasteiger partial charge in [-0.05, 0) is 43.3 Å². The molecule has 0 bridgehead atoms. The van der Waals surface area contributed by atoms with Crippen LogP contribution in [0, 0.1) is 6.92 Å². The highest BCUT2D eigenvalue weighted by Crippen LogP contribution is 2.22. The third-order valence-corrected chi connectivity index (χ3v) is 4.00. The molecule has 1 amide bonds. The van der Waals surface area contributed by atoms with Crippen molar-refractivity contribution in [1.29, 1.82) is 0 Å². The summed E-state index contributed by atoms with van der Waals surface area (Å²) in [5.41, 5.74) is 2.96. The van der Waals surface area contributed by atoms with Gasteiger partial charge in [-0.2, -0.15) is 5.10 Å². The average Bonchev–Trinajstić information content (AvgIpc) is 3.41. The number of carbonyl (C=O) groups is 1. The molecule has 0 aliphatic rings. The molecular weight excluding hydrogens is 330 g/mol. The first-order chi connectivity index (χ1) is 12.7. The molecule has 0 aliphatic carbocycles.